The van der Waals surface area contributed by atoms with Gasteiger partial charge in [-0.1, -0.05) is 6.07 Å². The lowest BCUT2D eigenvalue weighted by Crippen LogP contribution is -2.25. The largest absolute Gasteiger partial charge is 0.349 e. The second-order valence-electron chi connectivity index (χ2n) is 7.18. The second-order valence-corrected chi connectivity index (χ2v) is 7.70. The second kappa shape index (κ2) is 6.53. The van der Waals surface area contributed by atoms with Crippen molar-refractivity contribution in [2.75, 3.05) is 0 Å². The first kappa shape index (κ1) is 17.1. The molecule has 1 fully saturated rings. The monoisotopic (exact) mass is 389 g/mol. The lowest BCUT2D eigenvalue weighted by molar-refractivity contribution is 0.0951. The fourth-order valence-electron chi connectivity index (χ4n) is 3.28. The zero-order chi connectivity index (χ0) is 19.3. The molecule has 1 aliphatic rings. The molecule has 7 heteroatoms. The average molecular weight is 389 g/mol. The standard InChI is InChI=1S/C21H19N5OS/c1-13-2-3-14(21(27)24-16-4-5-16)8-18(13)15-9-23-26(11-15)20-10-22-19-7-6-17(28)12-25(19)20/h2-3,6-12,16,28H,4-5H2,1H3,(H,24,27). The molecule has 1 saturated carbocycles. The van der Waals surface area contributed by atoms with Crippen molar-refractivity contribution in [2.24, 2.45) is 0 Å². The summed E-state index contributed by atoms with van der Waals surface area (Å²) in [5.74, 6) is 0.816. The first-order valence-corrected chi connectivity index (χ1v) is 9.66. The molecule has 1 aromatic carbocycles. The number of imidazole rings is 1. The number of carbonyl (C=O) groups is 1. The molecule has 4 aromatic rings. The van der Waals surface area contributed by atoms with Crippen LogP contribution in [0.4, 0.5) is 0 Å². The molecular weight excluding hydrogens is 370 g/mol. The number of benzene rings is 1. The first-order valence-electron chi connectivity index (χ1n) is 9.21. The number of pyridine rings is 1. The molecule has 3 aromatic heterocycles. The van der Waals surface area contributed by atoms with E-state index in [9.17, 15) is 4.79 Å². The van der Waals surface area contributed by atoms with Crippen LogP contribution in [0.3, 0.4) is 0 Å². The van der Waals surface area contributed by atoms with E-state index >= 15 is 0 Å². The van der Waals surface area contributed by atoms with Gasteiger partial charge in [-0.2, -0.15) is 5.10 Å². The fourth-order valence-corrected chi connectivity index (χ4v) is 3.47. The van der Waals surface area contributed by atoms with E-state index in [1.54, 1.807) is 10.9 Å². The van der Waals surface area contributed by atoms with Crippen LogP contribution in [-0.4, -0.2) is 31.1 Å². The van der Waals surface area contributed by atoms with Crippen molar-refractivity contribution in [1.29, 1.82) is 0 Å². The number of rotatable bonds is 4. The Morgan fingerprint density at radius 3 is 2.86 bits per heavy atom. The summed E-state index contributed by atoms with van der Waals surface area (Å²) in [7, 11) is 0. The Bertz CT molecular complexity index is 1200. The fraction of sp³-hybridized carbons (Fsp3) is 0.190. The minimum atomic E-state index is -0.0146. The summed E-state index contributed by atoms with van der Waals surface area (Å²) in [6, 6.07) is 9.96. The highest BCUT2D eigenvalue weighted by Gasteiger charge is 2.24. The van der Waals surface area contributed by atoms with Gasteiger partial charge in [0.05, 0.1) is 12.4 Å². The Hall–Kier alpha value is -3.06. The number of hydrogen-bond donors (Lipinski definition) is 2. The van der Waals surface area contributed by atoms with Crippen molar-refractivity contribution < 1.29 is 4.79 Å². The molecule has 0 bridgehead atoms. The van der Waals surface area contributed by atoms with E-state index in [4.69, 9.17) is 0 Å². The van der Waals surface area contributed by atoms with Gasteiger partial charge in [-0.15, -0.1) is 12.6 Å². The van der Waals surface area contributed by atoms with Crippen LogP contribution in [0.2, 0.25) is 0 Å². The van der Waals surface area contributed by atoms with E-state index in [-0.39, 0.29) is 5.91 Å². The molecule has 0 saturated heterocycles. The molecule has 6 nitrogen and oxygen atoms in total. The molecule has 0 spiro atoms. The Balaban J connectivity index is 1.52. The number of nitrogens with zero attached hydrogens (tertiary/aromatic N) is 4. The van der Waals surface area contributed by atoms with E-state index in [1.807, 2.05) is 60.2 Å². The van der Waals surface area contributed by atoms with Crippen LogP contribution in [0.15, 0.2) is 60.0 Å². The third-order valence-corrected chi connectivity index (χ3v) is 5.28. The van der Waals surface area contributed by atoms with Crippen molar-refractivity contribution in [3.63, 3.8) is 0 Å². The predicted octanol–water partition coefficient (Wildman–Crippen LogP) is 3.68. The van der Waals surface area contributed by atoms with Gasteiger partial charge in [0.1, 0.15) is 5.65 Å². The van der Waals surface area contributed by atoms with E-state index in [0.717, 1.165) is 45.9 Å². The number of thiol groups is 1. The molecule has 1 aliphatic carbocycles. The molecule has 3 heterocycles. The molecule has 1 N–H and O–H groups in total. The zero-order valence-electron chi connectivity index (χ0n) is 15.3. The van der Waals surface area contributed by atoms with Gasteiger partial charge in [0.2, 0.25) is 0 Å². The summed E-state index contributed by atoms with van der Waals surface area (Å²) in [5, 5.41) is 7.56. The number of amides is 1. The van der Waals surface area contributed by atoms with Crippen molar-refractivity contribution in [2.45, 2.75) is 30.7 Å². The number of aromatic nitrogens is 4. The minimum Gasteiger partial charge on any atom is -0.349 e. The number of nitrogens with one attached hydrogen (secondary N) is 1. The van der Waals surface area contributed by atoms with Crippen LogP contribution in [-0.2, 0) is 0 Å². The topological polar surface area (TPSA) is 64.2 Å². The van der Waals surface area contributed by atoms with Gasteiger partial charge in [-0.3, -0.25) is 9.20 Å². The average Bonchev–Trinajstić information content (AvgIpc) is 3.20. The smallest absolute Gasteiger partial charge is 0.251 e. The highest BCUT2D eigenvalue weighted by Crippen LogP contribution is 2.26. The zero-order valence-corrected chi connectivity index (χ0v) is 16.2. The van der Waals surface area contributed by atoms with Crippen molar-refractivity contribution >= 4 is 24.2 Å². The lowest BCUT2D eigenvalue weighted by atomic mass is 10.0. The number of hydrogen-bond acceptors (Lipinski definition) is 4. The SMILES string of the molecule is Cc1ccc(C(=O)NC2CC2)cc1-c1cnn(-c2cnc3ccc(S)cn23)c1. The van der Waals surface area contributed by atoms with Gasteiger partial charge >= 0.3 is 0 Å². The van der Waals surface area contributed by atoms with Crippen LogP contribution in [0, 0.1) is 6.92 Å². The Morgan fingerprint density at radius 2 is 2.04 bits per heavy atom. The van der Waals surface area contributed by atoms with Gasteiger partial charge in [0.15, 0.2) is 5.82 Å². The molecule has 1 amide bonds. The minimum absolute atomic E-state index is 0.0146. The third kappa shape index (κ3) is 3.07. The van der Waals surface area contributed by atoms with Crippen molar-refractivity contribution in [1.82, 2.24) is 24.5 Å². The van der Waals surface area contributed by atoms with E-state index in [0.29, 0.717) is 11.6 Å². The maximum Gasteiger partial charge on any atom is 0.251 e. The highest BCUT2D eigenvalue weighted by atomic mass is 32.1. The van der Waals surface area contributed by atoms with E-state index in [2.05, 4.69) is 28.0 Å². The molecule has 0 atom stereocenters. The summed E-state index contributed by atoms with van der Waals surface area (Å²) in [4.78, 5) is 17.7. The van der Waals surface area contributed by atoms with Gasteiger partial charge in [-0.25, -0.2) is 9.67 Å². The van der Waals surface area contributed by atoms with Gasteiger partial charge in [0.25, 0.3) is 5.91 Å². The Morgan fingerprint density at radius 1 is 1.18 bits per heavy atom. The first-order chi connectivity index (χ1) is 13.6. The molecule has 28 heavy (non-hydrogen) atoms. The third-order valence-electron chi connectivity index (χ3n) is 5.01. The predicted molar refractivity (Wildman–Crippen MR) is 110 cm³/mol. The van der Waals surface area contributed by atoms with E-state index in [1.165, 1.54) is 0 Å². The summed E-state index contributed by atoms with van der Waals surface area (Å²) in [6.45, 7) is 2.04. The highest BCUT2D eigenvalue weighted by molar-refractivity contribution is 7.80. The lowest BCUT2D eigenvalue weighted by Gasteiger charge is -2.08. The van der Waals surface area contributed by atoms with Crippen molar-refractivity contribution in [3.05, 3.63) is 66.2 Å². The molecule has 0 unspecified atom stereocenters. The summed E-state index contributed by atoms with van der Waals surface area (Å²) < 4.78 is 3.74. The van der Waals surface area contributed by atoms with Crippen LogP contribution >= 0.6 is 12.6 Å². The maximum atomic E-state index is 12.4. The number of aryl methyl sites for hydroxylation is 1. The normalized spacial score (nSPS) is 13.8. The molecule has 0 aliphatic heterocycles. The van der Waals surface area contributed by atoms with Gasteiger partial charge in [0, 0.05) is 34.5 Å². The van der Waals surface area contributed by atoms with Crippen LogP contribution in [0.5, 0.6) is 0 Å². The Kier molecular flexibility index (Phi) is 3.98. The van der Waals surface area contributed by atoms with Gasteiger partial charge in [-0.05, 0) is 55.2 Å². The molecule has 140 valence electrons. The summed E-state index contributed by atoms with van der Waals surface area (Å²) >= 11 is 4.41. The maximum absolute atomic E-state index is 12.4. The van der Waals surface area contributed by atoms with Gasteiger partial charge < -0.3 is 5.32 Å². The number of fused-ring (bicyclic) bond motifs is 1. The van der Waals surface area contributed by atoms with Crippen LogP contribution < -0.4 is 5.32 Å². The number of carbonyl (C=O) groups excluding carboxylic acids is 1. The molecule has 0 radical (unpaired) electrons. The molecular formula is C21H19N5OS. The van der Waals surface area contributed by atoms with E-state index < -0.39 is 0 Å². The molecule has 5 rings (SSSR count). The van der Waals surface area contributed by atoms with Crippen molar-refractivity contribution in [3.8, 4) is 16.9 Å². The quantitative estimate of drug-likeness (QED) is 0.524. The summed E-state index contributed by atoms with van der Waals surface area (Å²) in [5.41, 5.74) is 4.56. The van der Waals surface area contributed by atoms with Crippen LogP contribution in [0.1, 0.15) is 28.8 Å². The Labute approximate surface area is 167 Å². The summed E-state index contributed by atoms with van der Waals surface area (Å²) in [6.07, 6.45) is 9.62. The van der Waals surface area contributed by atoms with Crippen LogP contribution in [0.25, 0.3) is 22.6 Å².